The third-order valence-corrected chi connectivity index (χ3v) is 2.05. The van der Waals surface area contributed by atoms with E-state index in [4.69, 9.17) is 9.84 Å². The number of benzene rings is 1. The summed E-state index contributed by atoms with van der Waals surface area (Å²) < 4.78 is 5.18. The van der Waals surface area contributed by atoms with Crippen molar-refractivity contribution in [1.29, 1.82) is 0 Å². The van der Waals surface area contributed by atoms with Crippen LogP contribution in [-0.4, -0.2) is 17.7 Å². The Morgan fingerprint density at radius 2 is 2.20 bits per heavy atom. The maximum absolute atomic E-state index is 10.4. The highest BCUT2D eigenvalue weighted by molar-refractivity contribution is 5.69. The van der Waals surface area contributed by atoms with Gasteiger partial charge in [-0.2, -0.15) is 0 Å². The van der Waals surface area contributed by atoms with Crippen LogP contribution in [0.4, 0.5) is 0 Å². The third-order valence-electron chi connectivity index (χ3n) is 2.05. The molecule has 0 atom stereocenters. The fourth-order valence-corrected chi connectivity index (χ4v) is 1.46. The Bertz CT molecular complexity index is 394. The van der Waals surface area contributed by atoms with E-state index in [1.807, 2.05) is 26.0 Å². The Hall–Kier alpha value is -1.77. The zero-order valence-electron chi connectivity index (χ0n) is 8.91. The summed E-state index contributed by atoms with van der Waals surface area (Å²) in [6.45, 7) is 7.23. The summed E-state index contributed by atoms with van der Waals surface area (Å²) in [5.41, 5.74) is 2.92. The summed E-state index contributed by atoms with van der Waals surface area (Å²) in [6, 6.07) is 3.82. The summed E-state index contributed by atoms with van der Waals surface area (Å²) in [5, 5.41) is 8.53. The second kappa shape index (κ2) is 4.64. The van der Waals surface area contributed by atoms with Crippen molar-refractivity contribution in [2.24, 2.45) is 0 Å². The van der Waals surface area contributed by atoms with Gasteiger partial charge in [0.05, 0.1) is 0 Å². The van der Waals surface area contributed by atoms with Crippen LogP contribution in [-0.2, 0) is 4.79 Å². The molecule has 0 unspecified atom stereocenters. The molecule has 1 N–H and O–H groups in total. The molecule has 0 bridgehead atoms. The van der Waals surface area contributed by atoms with Crippen molar-refractivity contribution >= 4 is 12.0 Å². The number of carbonyl (C=O) groups is 1. The van der Waals surface area contributed by atoms with Gasteiger partial charge in [0, 0.05) is 5.56 Å². The summed E-state index contributed by atoms with van der Waals surface area (Å²) in [6.07, 6.45) is 1.67. The van der Waals surface area contributed by atoms with E-state index in [0.29, 0.717) is 5.75 Å². The highest BCUT2D eigenvalue weighted by atomic mass is 16.5. The van der Waals surface area contributed by atoms with Gasteiger partial charge in [-0.3, -0.25) is 0 Å². The molecule has 0 aliphatic rings. The molecule has 3 heteroatoms. The van der Waals surface area contributed by atoms with Crippen LogP contribution in [0, 0.1) is 13.8 Å². The molecule has 80 valence electrons. The monoisotopic (exact) mass is 206 g/mol. The normalized spacial score (nSPS) is 9.73. The molecule has 0 saturated heterocycles. The van der Waals surface area contributed by atoms with Gasteiger partial charge in [-0.05, 0) is 31.0 Å². The van der Waals surface area contributed by atoms with E-state index in [1.165, 1.54) is 0 Å². The number of aryl methyl sites for hydroxylation is 2. The minimum atomic E-state index is -0.982. The summed E-state index contributed by atoms with van der Waals surface area (Å²) >= 11 is 0. The van der Waals surface area contributed by atoms with Crippen LogP contribution in [0.25, 0.3) is 6.08 Å². The third kappa shape index (κ3) is 2.84. The topological polar surface area (TPSA) is 46.5 Å². The minimum absolute atomic E-state index is 0.330. The maximum Gasteiger partial charge on any atom is 0.341 e. The van der Waals surface area contributed by atoms with Crippen LogP contribution in [0.3, 0.4) is 0 Å². The SMILES string of the molecule is C=Cc1c(C)cc(C)cc1OCC(=O)O. The van der Waals surface area contributed by atoms with Gasteiger partial charge in [0.2, 0.25) is 0 Å². The molecule has 0 aliphatic carbocycles. The second-order valence-electron chi connectivity index (χ2n) is 3.38. The highest BCUT2D eigenvalue weighted by Crippen LogP contribution is 2.25. The molecule has 0 heterocycles. The van der Waals surface area contributed by atoms with Crippen molar-refractivity contribution in [3.05, 3.63) is 35.4 Å². The molecule has 1 aromatic rings. The first-order chi connectivity index (χ1) is 7.04. The van der Waals surface area contributed by atoms with E-state index in [-0.39, 0.29) is 6.61 Å². The minimum Gasteiger partial charge on any atom is -0.481 e. The lowest BCUT2D eigenvalue weighted by molar-refractivity contribution is -0.139. The van der Waals surface area contributed by atoms with Crippen LogP contribution in [0.2, 0.25) is 0 Å². The molecule has 0 spiro atoms. The van der Waals surface area contributed by atoms with Gasteiger partial charge in [-0.25, -0.2) is 4.79 Å². The molecule has 0 aromatic heterocycles. The average Bonchev–Trinajstić information content (AvgIpc) is 2.13. The molecule has 15 heavy (non-hydrogen) atoms. The molecule has 0 saturated carbocycles. The van der Waals surface area contributed by atoms with E-state index >= 15 is 0 Å². The number of hydrogen-bond donors (Lipinski definition) is 1. The average molecular weight is 206 g/mol. The molecule has 0 amide bonds. The van der Waals surface area contributed by atoms with Crippen molar-refractivity contribution in [1.82, 2.24) is 0 Å². The quantitative estimate of drug-likeness (QED) is 0.822. The van der Waals surface area contributed by atoms with Gasteiger partial charge in [0.25, 0.3) is 0 Å². The first kappa shape index (κ1) is 11.3. The van der Waals surface area contributed by atoms with Crippen LogP contribution in [0.15, 0.2) is 18.7 Å². The summed E-state index contributed by atoms with van der Waals surface area (Å²) in [5.74, 6) is -0.408. The van der Waals surface area contributed by atoms with Crippen molar-refractivity contribution < 1.29 is 14.6 Å². The molecule has 0 radical (unpaired) electrons. The van der Waals surface area contributed by atoms with Crippen LogP contribution in [0.1, 0.15) is 16.7 Å². The summed E-state index contributed by atoms with van der Waals surface area (Å²) in [7, 11) is 0. The maximum atomic E-state index is 10.4. The second-order valence-corrected chi connectivity index (χ2v) is 3.38. The molecule has 0 aliphatic heterocycles. The Labute approximate surface area is 89.0 Å². The number of carboxylic acid groups (broad SMARTS) is 1. The van der Waals surface area contributed by atoms with Crippen molar-refractivity contribution in [2.75, 3.05) is 6.61 Å². The van der Waals surface area contributed by atoms with E-state index in [9.17, 15) is 4.79 Å². The summed E-state index contributed by atoms with van der Waals surface area (Å²) in [4.78, 5) is 10.4. The lowest BCUT2D eigenvalue weighted by atomic mass is 10.0. The first-order valence-electron chi connectivity index (χ1n) is 4.63. The van der Waals surface area contributed by atoms with Gasteiger partial charge >= 0.3 is 5.97 Å². The predicted octanol–water partition coefficient (Wildman–Crippen LogP) is 2.41. The molecular weight excluding hydrogens is 192 g/mol. The zero-order chi connectivity index (χ0) is 11.4. The van der Waals surface area contributed by atoms with Gasteiger partial charge in [0.15, 0.2) is 6.61 Å². The number of rotatable bonds is 4. The van der Waals surface area contributed by atoms with Gasteiger partial charge in [-0.1, -0.05) is 18.7 Å². The van der Waals surface area contributed by atoms with Gasteiger partial charge in [-0.15, -0.1) is 0 Å². The number of carboxylic acids is 1. The van der Waals surface area contributed by atoms with Crippen molar-refractivity contribution in [3.63, 3.8) is 0 Å². The van der Waals surface area contributed by atoms with Crippen LogP contribution in [0.5, 0.6) is 5.75 Å². The van der Waals surface area contributed by atoms with E-state index in [0.717, 1.165) is 16.7 Å². The van der Waals surface area contributed by atoms with Crippen molar-refractivity contribution in [3.8, 4) is 5.75 Å². The Kier molecular flexibility index (Phi) is 3.50. The largest absolute Gasteiger partial charge is 0.481 e. The lowest BCUT2D eigenvalue weighted by Crippen LogP contribution is -2.10. The van der Waals surface area contributed by atoms with Crippen LogP contribution < -0.4 is 4.74 Å². The molecule has 0 fully saturated rings. The van der Waals surface area contributed by atoms with Gasteiger partial charge in [0.1, 0.15) is 5.75 Å². The zero-order valence-corrected chi connectivity index (χ0v) is 8.91. The van der Waals surface area contributed by atoms with Gasteiger partial charge < -0.3 is 9.84 Å². The van der Waals surface area contributed by atoms with Crippen molar-refractivity contribution in [2.45, 2.75) is 13.8 Å². The molecule has 3 nitrogen and oxygen atoms in total. The van der Waals surface area contributed by atoms with Crippen LogP contribution >= 0.6 is 0 Å². The number of hydrogen-bond acceptors (Lipinski definition) is 2. The molecule has 1 rings (SSSR count). The Balaban J connectivity index is 3.03. The highest BCUT2D eigenvalue weighted by Gasteiger charge is 2.06. The fraction of sp³-hybridized carbons (Fsp3) is 0.250. The van der Waals surface area contributed by atoms with E-state index in [2.05, 4.69) is 6.58 Å². The van der Waals surface area contributed by atoms with E-state index in [1.54, 1.807) is 6.08 Å². The lowest BCUT2D eigenvalue weighted by Gasteiger charge is -2.10. The predicted molar refractivity (Wildman–Crippen MR) is 59.1 cm³/mol. The smallest absolute Gasteiger partial charge is 0.341 e. The molecular formula is C12H14O3. The van der Waals surface area contributed by atoms with E-state index < -0.39 is 5.97 Å². The first-order valence-corrected chi connectivity index (χ1v) is 4.63. The number of aliphatic carboxylic acids is 1. The fourth-order valence-electron chi connectivity index (χ4n) is 1.46. The Morgan fingerprint density at radius 3 is 2.73 bits per heavy atom. The number of ether oxygens (including phenoxy) is 1. The standard InChI is InChI=1S/C12H14O3/c1-4-10-9(3)5-8(2)6-11(10)15-7-12(13)14/h4-6H,1,7H2,2-3H3,(H,13,14). The Morgan fingerprint density at radius 1 is 1.53 bits per heavy atom. The molecule has 1 aromatic carbocycles.